The average Bonchev–Trinajstić information content (AvgIpc) is 2.85. The third-order valence-electron chi connectivity index (χ3n) is 2.33. The predicted octanol–water partition coefficient (Wildman–Crippen LogP) is 0.983. The number of carbonyl (C=O) groups excluding carboxylic acids is 1. The van der Waals surface area contributed by atoms with E-state index in [2.05, 4.69) is 27.9 Å². The third-order valence-corrected chi connectivity index (χ3v) is 2.33. The van der Waals surface area contributed by atoms with E-state index in [9.17, 15) is 4.79 Å². The lowest BCUT2D eigenvalue weighted by atomic mass is 10.3. The van der Waals surface area contributed by atoms with Crippen LogP contribution in [0, 0.1) is 0 Å². The Morgan fingerprint density at radius 2 is 2.11 bits per heavy atom. The molecule has 2 N–H and O–H groups in total. The maximum absolute atomic E-state index is 10.7. The molecular weight excluding hydrogens is 242 g/mol. The lowest BCUT2D eigenvalue weighted by Crippen LogP contribution is -2.22. The highest BCUT2D eigenvalue weighted by Gasteiger charge is 2.00. The first kappa shape index (κ1) is 17.6. The van der Waals surface area contributed by atoms with Crippen LogP contribution in [0.1, 0.15) is 39.8 Å². The smallest absolute Gasteiger partial charge is 0.216 e. The molecule has 0 radical (unpaired) electrons. The quantitative estimate of drug-likeness (QED) is 0.690. The second-order valence-corrected chi connectivity index (χ2v) is 3.91. The molecule has 0 unspecified atom stereocenters. The fourth-order valence-corrected chi connectivity index (χ4v) is 1.46. The summed E-state index contributed by atoms with van der Waals surface area (Å²) in [6, 6.07) is 0. The van der Waals surface area contributed by atoms with Crippen molar-refractivity contribution in [1.82, 2.24) is 25.6 Å². The van der Waals surface area contributed by atoms with Crippen LogP contribution in [0.5, 0.6) is 0 Å². The van der Waals surface area contributed by atoms with Gasteiger partial charge in [0.1, 0.15) is 0 Å². The summed E-state index contributed by atoms with van der Waals surface area (Å²) in [5, 5.41) is 14.1. The number of carbonyl (C=O) groups is 1. The molecule has 0 aromatic carbocycles. The van der Waals surface area contributed by atoms with Gasteiger partial charge >= 0.3 is 0 Å². The van der Waals surface area contributed by atoms with Crippen LogP contribution in [0.25, 0.3) is 0 Å². The van der Waals surface area contributed by atoms with Crippen molar-refractivity contribution < 1.29 is 4.79 Å². The van der Waals surface area contributed by atoms with E-state index in [1.807, 2.05) is 24.7 Å². The summed E-state index contributed by atoms with van der Waals surface area (Å²) in [6.07, 6.45) is 3.74. The number of hydrogen-bond acceptors (Lipinski definition) is 4. The van der Waals surface area contributed by atoms with E-state index in [4.69, 9.17) is 0 Å². The fourth-order valence-electron chi connectivity index (χ4n) is 1.46. The summed E-state index contributed by atoms with van der Waals surface area (Å²) in [6.45, 7) is 11.0. The maximum atomic E-state index is 10.7. The molecule has 6 nitrogen and oxygen atoms in total. The number of nitrogens with one attached hydrogen (secondary N) is 2. The molecule has 19 heavy (non-hydrogen) atoms. The molecule has 0 spiro atoms. The topological polar surface area (TPSA) is 71.8 Å². The van der Waals surface area contributed by atoms with Gasteiger partial charge in [-0.2, -0.15) is 0 Å². The second-order valence-electron chi connectivity index (χ2n) is 3.91. The van der Waals surface area contributed by atoms with Crippen LogP contribution in [0.3, 0.4) is 0 Å². The van der Waals surface area contributed by atoms with E-state index in [0.717, 1.165) is 38.2 Å². The minimum atomic E-state index is 0.00918. The summed E-state index contributed by atoms with van der Waals surface area (Å²) < 4.78 is 1.82. The van der Waals surface area contributed by atoms with Gasteiger partial charge in [0.25, 0.3) is 0 Å². The molecule has 1 amide bonds. The van der Waals surface area contributed by atoms with Gasteiger partial charge in [0, 0.05) is 39.2 Å². The van der Waals surface area contributed by atoms with E-state index >= 15 is 0 Å². The lowest BCUT2D eigenvalue weighted by Gasteiger charge is -2.01. The van der Waals surface area contributed by atoms with Gasteiger partial charge in [0.15, 0.2) is 0 Å². The van der Waals surface area contributed by atoms with Crippen molar-refractivity contribution >= 4 is 5.91 Å². The highest BCUT2D eigenvalue weighted by Crippen LogP contribution is 1.95. The standard InChI is InChI=1S/C11H21N5O.C2H6/c1-3-12-7-5-11-9-16(15-14-11)8-4-6-13-10(2)17;1-2/h9,12H,3-8H2,1-2H3,(H,13,17);1-2H3. The van der Waals surface area contributed by atoms with E-state index in [-0.39, 0.29) is 5.91 Å². The number of rotatable bonds is 8. The Hall–Kier alpha value is -1.43. The largest absolute Gasteiger partial charge is 0.356 e. The van der Waals surface area contributed by atoms with Crippen molar-refractivity contribution in [2.45, 2.75) is 47.1 Å². The molecule has 110 valence electrons. The molecule has 1 heterocycles. The minimum Gasteiger partial charge on any atom is -0.356 e. The molecule has 0 atom stereocenters. The van der Waals surface area contributed by atoms with Gasteiger partial charge in [0.05, 0.1) is 5.69 Å². The third kappa shape index (κ3) is 9.18. The summed E-state index contributed by atoms with van der Waals surface area (Å²) in [5.74, 6) is 0.00918. The van der Waals surface area contributed by atoms with Gasteiger partial charge in [-0.05, 0) is 13.0 Å². The molecule has 1 aromatic heterocycles. The van der Waals surface area contributed by atoms with Crippen molar-refractivity contribution in [2.24, 2.45) is 0 Å². The Bertz CT molecular complexity index is 338. The van der Waals surface area contributed by atoms with Crippen LogP contribution < -0.4 is 10.6 Å². The van der Waals surface area contributed by atoms with Crippen molar-refractivity contribution in [2.75, 3.05) is 19.6 Å². The lowest BCUT2D eigenvalue weighted by molar-refractivity contribution is -0.118. The zero-order valence-electron chi connectivity index (χ0n) is 12.6. The Morgan fingerprint density at radius 1 is 1.37 bits per heavy atom. The van der Waals surface area contributed by atoms with Gasteiger partial charge in [-0.15, -0.1) is 5.10 Å². The van der Waals surface area contributed by atoms with Crippen LogP contribution in [0.15, 0.2) is 6.20 Å². The Labute approximate surface area is 116 Å². The first-order valence-corrected chi connectivity index (χ1v) is 7.06. The summed E-state index contributed by atoms with van der Waals surface area (Å²) in [4.78, 5) is 10.7. The number of amides is 1. The first-order chi connectivity index (χ1) is 9.22. The minimum absolute atomic E-state index is 0.00918. The molecule has 0 saturated carbocycles. The normalized spacial score (nSPS) is 9.68. The second kappa shape index (κ2) is 11.6. The zero-order chi connectivity index (χ0) is 14.5. The van der Waals surface area contributed by atoms with E-state index < -0.39 is 0 Å². The van der Waals surface area contributed by atoms with Crippen LogP contribution in [-0.2, 0) is 17.8 Å². The van der Waals surface area contributed by atoms with Crippen molar-refractivity contribution in [3.8, 4) is 0 Å². The molecule has 0 aliphatic carbocycles. The molecule has 1 rings (SSSR count). The van der Waals surface area contributed by atoms with Gasteiger partial charge in [-0.1, -0.05) is 26.0 Å². The Morgan fingerprint density at radius 3 is 2.74 bits per heavy atom. The first-order valence-electron chi connectivity index (χ1n) is 7.06. The summed E-state index contributed by atoms with van der Waals surface area (Å²) in [7, 11) is 0. The molecule has 0 fully saturated rings. The van der Waals surface area contributed by atoms with Crippen LogP contribution >= 0.6 is 0 Å². The molecular formula is C13H27N5O. The van der Waals surface area contributed by atoms with E-state index in [0.29, 0.717) is 6.54 Å². The van der Waals surface area contributed by atoms with Crippen molar-refractivity contribution in [1.29, 1.82) is 0 Å². The average molecular weight is 269 g/mol. The SMILES string of the molecule is CC.CCNCCc1cn(CCCNC(C)=O)nn1. The number of likely N-dealkylation sites (N-methyl/N-ethyl adjacent to an activating group) is 1. The van der Waals surface area contributed by atoms with Gasteiger partial charge in [-0.3, -0.25) is 9.48 Å². The van der Waals surface area contributed by atoms with Crippen molar-refractivity contribution in [3.63, 3.8) is 0 Å². The number of aromatic nitrogens is 3. The summed E-state index contributed by atoms with van der Waals surface area (Å²) >= 11 is 0. The van der Waals surface area contributed by atoms with Gasteiger partial charge in [-0.25, -0.2) is 0 Å². The van der Waals surface area contributed by atoms with E-state index in [1.54, 1.807) is 0 Å². The van der Waals surface area contributed by atoms with Crippen LogP contribution in [0.4, 0.5) is 0 Å². The monoisotopic (exact) mass is 269 g/mol. The van der Waals surface area contributed by atoms with E-state index in [1.165, 1.54) is 6.92 Å². The van der Waals surface area contributed by atoms with Gasteiger partial charge < -0.3 is 10.6 Å². The van der Waals surface area contributed by atoms with Gasteiger partial charge in [0.2, 0.25) is 5.91 Å². The molecule has 0 aliphatic heterocycles. The van der Waals surface area contributed by atoms with Crippen molar-refractivity contribution in [3.05, 3.63) is 11.9 Å². The molecule has 6 heteroatoms. The number of aryl methyl sites for hydroxylation is 1. The fraction of sp³-hybridized carbons (Fsp3) is 0.769. The molecule has 1 aromatic rings. The highest BCUT2D eigenvalue weighted by atomic mass is 16.1. The molecule has 0 aliphatic rings. The molecule has 0 bridgehead atoms. The Balaban J connectivity index is 0.00000154. The zero-order valence-corrected chi connectivity index (χ0v) is 12.6. The van der Waals surface area contributed by atoms with Crippen LogP contribution in [-0.4, -0.2) is 40.5 Å². The number of nitrogens with zero attached hydrogens (tertiary/aromatic N) is 3. The predicted molar refractivity (Wildman–Crippen MR) is 76.9 cm³/mol. The van der Waals surface area contributed by atoms with Crippen LogP contribution in [0.2, 0.25) is 0 Å². The maximum Gasteiger partial charge on any atom is 0.216 e. The number of hydrogen-bond donors (Lipinski definition) is 2. The molecule has 0 saturated heterocycles. The highest BCUT2D eigenvalue weighted by molar-refractivity contribution is 5.72. The summed E-state index contributed by atoms with van der Waals surface area (Å²) in [5.41, 5.74) is 1.01. The Kier molecular flexibility index (Phi) is 10.8.